The van der Waals surface area contributed by atoms with Crippen LogP contribution in [0.15, 0.2) is 0 Å². The van der Waals surface area contributed by atoms with Crippen LogP contribution in [0.1, 0.15) is 85.0 Å². The van der Waals surface area contributed by atoms with E-state index >= 15 is 0 Å². The smallest absolute Gasteiger partial charge is 0.407 e. The van der Waals surface area contributed by atoms with Gasteiger partial charge in [0.1, 0.15) is 5.60 Å². The number of alkyl carbamates (subject to hydrolysis) is 1. The molecule has 2 amide bonds. The zero-order chi connectivity index (χ0) is 19.8. The average Bonchev–Trinajstić information content (AvgIpc) is 2.51. The second kappa shape index (κ2) is 14.4. The number of ether oxygens (including phenoxy) is 1. The molecule has 152 valence electrons. The van der Waals surface area contributed by atoms with E-state index in [4.69, 9.17) is 9.84 Å². The summed E-state index contributed by atoms with van der Waals surface area (Å²) in [5.74, 6) is -0.679. The summed E-state index contributed by atoms with van der Waals surface area (Å²) in [5.41, 5.74) is -0.476. The maximum Gasteiger partial charge on any atom is 0.407 e. The number of hydrogen-bond acceptors (Lipinski definition) is 4. The molecular formula is C19H36N2O5. The quantitative estimate of drug-likeness (QED) is 0.404. The van der Waals surface area contributed by atoms with Gasteiger partial charge < -0.3 is 20.5 Å². The van der Waals surface area contributed by atoms with Crippen molar-refractivity contribution >= 4 is 18.0 Å². The Bertz CT molecular complexity index is 419. The molecule has 0 aromatic carbocycles. The maximum absolute atomic E-state index is 11.7. The van der Waals surface area contributed by atoms with Crippen LogP contribution < -0.4 is 10.6 Å². The second-order valence-electron chi connectivity index (χ2n) is 7.50. The van der Waals surface area contributed by atoms with E-state index in [1.807, 2.05) is 20.8 Å². The summed E-state index contributed by atoms with van der Waals surface area (Å²) in [7, 11) is 0. The molecule has 0 radical (unpaired) electrons. The molecular weight excluding hydrogens is 336 g/mol. The zero-order valence-corrected chi connectivity index (χ0v) is 16.6. The Morgan fingerprint density at radius 3 is 1.81 bits per heavy atom. The van der Waals surface area contributed by atoms with E-state index in [0.717, 1.165) is 44.9 Å². The number of amides is 2. The fraction of sp³-hybridized carbons (Fsp3) is 0.842. The van der Waals surface area contributed by atoms with Crippen molar-refractivity contribution in [2.75, 3.05) is 13.1 Å². The number of carbonyl (C=O) groups excluding carboxylic acids is 2. The minimum absolute atomic E-state index is 0.0717. The lowest BCUT2D eigenvalue weighted by atomic mass is 10.1. The van der Waals surface area contributed by atoms with Crippen molar-refractivity contribution in [2.45, 2.75) is 90.6 Å². The highest BCUT2D eigenvalue weighted by Gasteiger charge is 2.15. The molecule has 0 unspecified atom stereocenters. The lowest BCUT2D eigenvalue weighted by Gasteiger charge is -2.19. The number of rotatable bonds is 14. The molecule has 0 rings (SSSR count). The predicted octanol–water partition coefficient (Wildman–Crippen LogP) is 3.61. The van der Waals surface area contributed by atoms with Crippen molar-refractivity contribution in [1.29, 1.82) is 0 Å². The van der Waals surface area contributed by atoms with E-state index in [-0.39, 0.29) is 18.4 Å². The molecule has 0 aliphatic rings. The molecule has 7 nitrogen and oxygen atoms in total. The Morgan fingerprint density at radius 2 is 1.27 bits per heavy atom. The van der Waals surface area contributed by atoms with Crippen LogP contribution in [-0.4, -0.2) is 41.8 Å². The molecule has 0 saturated carbocycles. The second-order valence-corrected chi connectivity index (χ2v) is 7.50. The van der Waals surface area contributed by atoms with Crippen molar-refractivity contribution in [3.05, 3.63) is 0 Å². The number of hydrogen-bond donors (Lipinski definition) is 3. The van der Waals surface area contributed by atoms with Gasteiger partial charge >= 0.3 is 12.1 Å². The number of unbranched alkanes of at least 4 members (excludes halogenated alkanes) is 6. The van der Waals surface area contributed by atoms with E-state index < -0.39 is 11.6 Å². The van der Waals surface area contributed by atoms with E-state index in [2.05, 4.69) is 10.6 Å². The van der Waals surface area contributed by atoms with Crippen molar-refractivity contribution < 1.29 is 24.2 Å². The van der Waals surface area contributed by atoms with Crippen molar-refractivity contribution in [3.63, 3.8) is 0 Å². The molecule has 0 atom stereocenters. The minimum atomic E-state index is -0.751. The summed E-state index contributed by atoms with van der Waals surface area (Å²) in [4.78, 5) is 33.5. The van der Waals surface area contributed by atoms with Crippen molar-refractivity contribution in [1.82, 2.24) is 10.6 Å². The van der Waals surface area contributed by atoms with Crippen LogP contribution in [-0.2, 0) is 14.3 Å². The highest BCUT2D eigenvalue weighted by Crippen LogP contribution is 2.07. The molecule has 0 aliphatic carbocycles. The molecule has 0 fully saturated rings. The monoisotopic (exact) mass is 372 g/mol. The van der Waals surface area contributed by atoms with Gasteiger partial charge in [-0.3, -0.25) is 9.59 Å². The number of aliphatic carboxylic acids is 1. The largest absolute Gasteiger partial charge is 0.481 e. The molecule has 0 aliphatic heterocycles. The van der Waals surface area contributed by atoms with Crippen LogP contribution in [0.25, 0.3) is 0 Å². The Labute approximate surface area is 157 Å². The summed E-state index contributed by atoms with van der Waals surface area (Å²) in [6, 6.07) is 0. The van der Waals surface area contributed by atoms with Gasteiger partial charge in [-0.1, -0.05) is 25.7 Å². The SMILES string of the molecule is CC(C)(C)OC(=O)NCCCCCCC(=O)NCCCCCCC(=O)O. The first kappa shape index (κ1) is 24.2. The lowest BCUT2D eigenvalue weighted by Crippen LogP contribution is -2.32. The van der Waals surface area contributed by atoms with E-state index in [0.29, 0.717) is 25.9 Å². The van der Waals surface area contributed by atoms with Gasteiger partial charge in [-0.15, -0.1) is 0 Å². The molecule has 0 bridgehead atoms. The summed E-state index contributed by atoms with van der Waals surface area (Å²) in [6.07, 6.45) is 7.42. The molecule has 26 heavy (non-hydrogen) atoms. The Hall–Kier alpha value is -1.79. The number of carboxylic acids is 1. The van der Waals surface area contributed by atoms with Gasteiger partial charge in [0.15, 0.2) is 0 Å². The van der Waals surface area contributed by atoms with E-state index in [1.165, 1.54) is 0 Å². The van der Waals surface area contributed by atoms with Crippen LogP contribution in [0, 0.1) is 0 Å². The molecule has 0 aromatic rings. The fourth-order valence-corrected chi connectivity index (χ4v) is 2.34. The van der Waals surface area contributed by atoms with Crippen LogP contribution in [0.2, 0.25) is 0 Å². The van der Waals surface area contributed by atoms with Gasteiger partial charge in [-0.05, 0) is 46.5 Å². The number of carboxylic acid groups (broad SMARTS) is 1. The molecule has 0 heterocycles. The Morgan fingerprint density at radius 1 is 0.769 bits per heavy atom. The molecule has 7 heteroatoms. The van der Waals surface area contributed by atoms with Gasteiger partial charge in [0.2, 0.25) is 5.91 Å². The van der Waals surface area contributed by atoms with Crippen molar-refractivity contribution in [3.8, 4) is 0 Å². The Balaban J connectivity index is 3.36. The number of carbonyl (C=O) groups is 3. The van der Waals surface area contributed by atoms with Gasteiger partial charge in [0.25, 0.3) is 0 Å². The number of nitrogens with one attached hydrogen (secondary N) is 2. The standard InChI is InChI=1S/C19H36N2O5/c1-19(2,3)26-18(25)21-15-11-6-4-8-12-16(22)20-14-10-7-5-9-13-17(23)24/h4-15H2,1-3H3,(H,20,22)(H,21,25)(H,23,24). The molecule has 0 spiro atoms. The Kier molecular flexibility index (Phi) is 13.4. The van der Waals surface area contributed by atoms with Crippen LogP contribution in [0.4, 0.5) is 4.79 Å². The normalized spacial score (nSPS) is 11.0. The first-order valence-electron chi connectivity index (χ1n) is 9.66. The van der Waals surface area contributed by atoms with Gasteiger partial charge in [0.05, 0.1) is 0 Å². The molecule has 0 saturated heterocycles. The highest BCUT2D eigenvalue weighted by molar-refractivity contribution is 5.75. The third-order valence-corrected chi connectivity index (χ3v) is 3.64. The zero-order valence-electron chi connectivity index (χ0n) is 16.6. The predicted molar refractivity (Wildman–Crippen MR) is 101 cm³/mol. The summed E-state index contributed by atoms with van der Waals surface area (Å²) >= 11 is 0. The summed E-state index contributed by atoms with van der Waals surface area (Å²) in [6.45, 7) is 6.74. The highest BCUT2D eigenvalue weighted by atomic mass is 16.6. The third kappa shape index (κ3) is 18.5. The lowest BCUT2D eigenvalue weighted by molar-refractivity contribution is -0.137. The first-order chi connectivity index (χ1) is 12.2. The first-order valence-corrected chi connectivity index (χ1v) is 9.66. The maximum atomic E-state index is 11.7. The van der Waals surface area contributed by atoms with Crippen LogP contribution in [0.3, 0.4) is 0 Å². The van der Waals surface area contributed by atoms with Gasteiger partial charge in [-0.2, -0.15) is 0 Å². The summed E-state index contributed by atoms with van der Waals surface area (Å²) in [5, 5.41) is 14.1. The fourth-order valence-electron chi connectivity index (χ4n) is 2.34. The van der Waals surface area contributed by atoms with Crippen molar-refractivity contribution in [2.24, 2.45) is 0 Å². The van der Waals surface area contributed by atoms with E-state index in [1.54, 1.807) is 0 Å². The van der Waals surface area contributed by atoms with Gasteiger partial charge in [-0.25, -0.2) is 4.79 Å². The van der Waals surface area contributed by atoms with Crippen LogP contribution in [0.5, 0.6) is 0 Å². The third-order valence-electron chi connectivity index (χ3n) is 3.64. The molecule has 3 N–H and O–H groups in total. The van der Waals surface area contributed by atoms with Gasteiger partial charge in [0, 0.05) is 25.9 Å². The minimum Gasteiger partial charge on any atom is -0.481 e. The van der Waals surface area contributed by atoms with E-state index in [9.17, 15) is 14.4 Å². The summed E-state index contributed by atoms with van der Waals surface area (Å²) < 4.78 is 5.15. The van der Waals surface area contributed by atoms with Crippen LogP contribution >= 0.6 is 0 Å². The molecule has 0 aromatic heterocycles. The average molecular weight is 373 g/mol. The topological polar surface area (TPSA) is 105 Å².